The van der Waals surface area contributed by atoms with Crippen molar-refractivity contribution in [1.82, 2.24) is 9.97 Å². The van der Waals surface area contributed by atoms with Gasteiger partial charge in [-0.3, -0.25) is 4.98 Å². The van der Waals surface area contributed by atoms with Gasteiger partial charge in [-0.05, 0) is 29.3 Å². The van der Waals surface area contributed by atoms with Crippen LogP contribution in [-0.2, 0) is 6.54 Å². The van der Waals surface area contributed by atoms with Crippen molar-refractivity contribution in [3.63, 3.8) is 0 Å². The molecule has 0 aliphatic carbocycles. The molecule has 2 rings (SSSR count). The molecule has 2 aromatic heterocycles. The van der Waals surface area contributed by atoms with Crippen LogP contribution in [-0.4, -0.2) is 23.6 Å². The number of nitrogens with one attached hydrogen (secondary N) is 1. The third-order valence-corrected chi connectivity index (χ3v) is 3.10. The maximum absolute atomic E-state index is 4.50. The lowest BCUT2D eigenvalue weighted by Gasteiger charge is -2.17. The average molecular weight is 248 g/mol. The number of rotatable bonds is 5. The van der Waals surface area contributed by atoms with Crippen molar-refractivity contribution >= 4 is 23.0 Å². The molecule has 0 aliphatic heterocycles. The standard InChI is InChI=1S/C12H16N4S/c1-3-14-11-6-13-7-12(15-11)16(2)8-10-4-5-17-9-10/h4-7,9H,3,8H2,1-2H3,(H,14,15). The number of thiophene rings is 1. The molecule has 0 aliphatic rings. The SMILES string of the molecule is CCNc1cncc(N(C)Cc2ccsc2)n1. The first-order chi connectivity index (χ1) is 8.29. The van der Waals surface area contributed by atoms with Gasteiger partial charge in [-0.15, -0.1) is 0 Å². The van der Waals surface area contributed by atoms with Gasteiger partial charge < -0.3 is 10.2 Å². The highest BCUT2D eigenvalue weighted by Crippen LogP contribution is 2.15. The molecule has 17 heavy (non-hydrogen) atoms. The van der Waals surface area contributed by atoms with Crippen molar-refractivity contribution in [2.24, 2.45) is 0 Å². The summed E-state index contributed by atoms with van der Waals surface area (Å²) in [6, 6.07) is 2.13. The first-order valence-corrected chi connectivity index (χ1v) is 6.52. The van der Waals surface area contributed by atoms with Crippen molar-refractivity contribution < 1.29 is 0 Å². The molecule has 5 heteroatoms. The van der Waals surface area contributed by atoms with Gasteiger partial charge in [0, 0.05) is 20.1 Å². The fourth-order valence-electron chi connectivity index (χ4n) is 1.54. The topological polar surface area (TPSA) is 41.1 Å². The molecule has 0 aromatic carbocycles. The predicted octanol–water partition coefficient (Wildman–Crippen LogP) is 2.61. The zero-order chi connectivity index (χ0) is 12.1. The Morgan fingerprint density at radius 1 is 1.41 bits per heavy atom. The second kappa shape index (κ2) is 5.63. The van der Waals surface area contributed by atoms with Crippen molar-refractivity contribution in [1.29, 1.82) is 0 Å². The molecule has 0 bridgehead atoms. The molecule has 90 valence electrons. The van der Waals surface area contributed by atoms with Crippen molar-refractivity contribution in [2.45, 2.75) is 13.5 Å². The summed E-state index contributed by atoms with van der Waals surface area (Å²) in [6.07, 6.45) is 3.53. The summed E-state index contributed by atoms with van der Waals surface area (Å²) < 4.78 is 0. The summed E-state index contributed by atoms with van der Waals surface area (Å²) in [6.45, 7) is 3.75. The quantitative estimate of drug-likeness (QED) is 0.883. The summed E-state index contributed by atoms with van der Waals surface area (Å²) in [5.74, 6) is 1.71. The van der Waals surface area contributed by atoms with Crippen LogP contribution in [0.3, 0.4) is 0 Å². The molecule has 0 radical (unpaired) electrons. The van der Waals surface area contributed by atoms with E-state index in [9.17, 15) is 0 Å². The maximum atomic E-state index is 4.50. The summed E-state index contributed by atoms with van der Waals surface area (Å²) in [4.78, 5) is 10.8. The van der Waals surface area contributed by atoms with Crippen molar-refractivity contribution in [3.8, 4) is 0 Å². The average Bonchev–Trinajstić information content (AvgIpc) is 2.83. The van der Waals surface area contributed by atoms with Gasteiger partial charge in [-0.2, -0.15) is 11.3 Å². The second-order valence-electron chi connectivity index (χ2n) is 3.78. The van der Waals surface area contributed by atoms with E-state index in [-0.39, 0.29) is 0 Å². The summed E-state index contributed by atoms with van der Waals surface area (Å²) in [5.41, 5.74) is 1.30. The smallest absolute Gasteiger partial charge is 0.149 e. The Hall–Kier alpha value is -1.62. The number of nitrogens with zero attached hydrogens (tertiary/aromatic N) is 3. The van der Waals surface area contributed by atoms with Crippen LogP contribution in [0.2, 0.25) is 0 Å². The number of anilines is 2. The van der Waals surface area contributed by atoms with Gasteiger partial charge in [0.15, 0.2) is 0 Å². The molecule has 4 nitrogen and oxygen atoms in total. The zero-order valence-corrected chi connectivity index (χ0v) is 10.9. The van der Waals surface area contributed by atoms with E-state index in [1.807, 2.05) is 14.0 Å². The molecule has 0 atom stereocenters. The van der Waals surface area contributed by atoms with Gasteiger partial charge in [0.05, 0.1) is 12.4 Å². The van der Waals surface area contributed by atoms with Crippen LogP contribution in [0.4, 0.5) is 11.6 Å². The third kappa shape index (κ3) is 3.17. The molecular weight excluding hydrogens is 232 g/mol. The van der Waals surface area contributed by atoms with E-state index in [0.29, 0.717) is 0 Å². The summed E-state index contributed by atoms with van der Waals surface area (Å²) >= 11 is 1.71. The van der Waals surface area contributed by atoms with Gasteiger partial charge in [0.25, 0.3) is 0 Å². The minimum atomic E-state index is 0.821. The van der Waals surface area contributed by atoms with Crippen LogP contribution >= 0.6 is 11.3 Å². The van der Waals surface area contributed by atoms with Crippen molar-refractivity contribution in [3.05, 3.63) is 34.8 Å². The lowest BCUT2D eigenvalue weighted by atomic mass is 10.3. The van der Waals surface area contributed by atoms with Crippen LogP contribution in [0.5, 0.6) is 0 Å². The molecule has 0 saturated heterocycles. The number of hydrogen-bond donors (Lipinski definition) is 1. The minimum absolute atomic E-state index is 0.821. The highest BCUT2D eigenvalue weighted by Gasteiger charge is 2.05. The second-order valence-corrected chi connectivity index (χ2v) is 4.56. The molecule has 0 fully saturated rings. The Morgan fingerprint density at radius 2 is 2.29 bits per heavy atom. The highest BCUT2D eigenvalue weighted by atomic mass is 32.1. The van der Waals surface area contributed by atoms with E-state index >= 15 is 0 Å². The molecule has 0 unspecified atom stereocenters. The maximum Gasteiger partial charge on any atom is 0.149 e. The van der Waals surface area contributed by atoms with E-state index < -0.39 is 0 Å². The normalized spacial score (nSPS) is 10.2. The Morgan fingerprint density at radius 3 is 3.00 bits per heavy atom. The highest BCUT2D eigenvalue weighted by molar-refractivity contribution is 7.07. The molecular formula is C12H16N4S. The van der Waals surface area contributed by atoms with Gasteiger partial charge in [-0.1, -0.05) is 0 Å². The van der Waals surface area contributed by atoms with Crippen LogP contribution < -0.4 is 10.2 Å². The Balaban J connectivity index is 2.07. The lowest BCUT2D eigenvalue weighted by Crippen LogP contribution is -2.18. The lowest BCUT2D eigenvalue weighted by molar-refractivity contribution is 0.893. The van der Waals surface area contributed by atoms with Gasteiger partial charge in [0.2, 0.25) is 0 Å². The number of hydrogen-bond acceptors (Lipinski definition) is 5. The monoisotopic (exact) mass is 248 g/mol. The first-order valence-electron chi connectivity index (χ1n) is 5.57. The van der Waals surface area contributed by atoms with E-state index in [2.05, 4.69) is 37.0 Å². The van der Waals surface area contributed by atoms with Crippen LogP contribution in [0, 0.1) is 0 Å². The Kier molecular flexibility index (Phi) is 3.93. The molecule has 0 amide bonds. The third-order valence-electron chi connectivity index (χ3n) is 2.37. The van der Waals surface area contributed by atoms with Crippen LogP contribution in [0.25, 0.3) is 0 Å². The van der Waals surface area contributed by atoms with Crippen LogP contribution in [0.1, 0.15) is 12.5 Å². The first kappa shape index (κ1) is 11.9. The van der Waals surface area contributed by atoms with Gasteiger partial charge >= 0.3 is 0 Å². The van der Waals surface area contributed by atoms with Gasteiger partial charge in [0.1, 0.15) is 11.6 Å². The van der Waals surface area contributed by atoms with E-state index in [4.69, 9.17) is 0 Å². The largest absolute Gasteiger partial charge is 0.369 e. The van der Waals surface area contributed by atoms with Crippen molar-refractivity contribution in [2.75, 3.05) is 23.8 Å². The molecule has 1 N–H and O–H groups in total. The molecule has 2 heterocycles. The summed E-state index contributed by atoms with van der Waals surface area (Å²) in [7, 11) is 2.03. The minimum Gasteiger partial charge on any atom is -0.369 e. The Bertz CT molecular complexity index is 455. The fraction of sp³-hybridized carbons (Fsp3) is 0.333. The zero-order valence-electron chi connectivity index (χ0n) is 10.1. The predicted molar refractivity (Wildman–Crippen MR) is 72.6 cm³/mol. The van der Waals surface area contributed by atoms with Crippen LogP contribution in [0.15, 0.2) is 29.2 Å². The Labute approximate surface area is 105 Å². The molecule has 0 saturated carbocycles. The fourth-order valence-corrected chi connectivity index (χ4v) is 2.20. The molecule has 2 aromatic rings. The van der Waals surface area contributed by atoms with E-state index in [1.54, 1.807) is 23.7 Å². The number of aromatic nitrogens is 2. The van der Waals surface area contributed by atoms with Gasteiger partial charge in [-0.25, -0.2) is 4.98 Å². The van der Waals surface area contributed by atoms with E-state index in [1.165, 1.54) is 5.56 Å². The summed E-state index contributed by atoms with van der Waals surface area (Å²) in [5, 5.41) is 7.40. The molecule has 0 spiro atoms. The van der Waals surface area contributed by atoms with E-state index in [0.717, 1.165) is 24.7 Å².